The van der Waals surface area contributed by atoms with Crippen LogP contribution < -0.4 is 5.32 Å². The number of hydrogen-bond donors (Lipinski definition) is 1. The van der Waals surface area contributed by atoms with Crippen LogP contribution in [0.2, 0.25) is 0 Å². The number of rotatable bonds is 4. The Kier molecular flexibility index (Phi) is 4.73. The zero-order valence-electron chi connectivity index (χ0n) is 9.99. The van der Waals surface area contributed by atoms with E-state index in [-0.39, 0.29) is 12.0 Å². The average Bonchev–Trinajstić information content (AvgIpc) is 2.65. The van der Waals surface area contributed by atoms with E-state index in [1.54, 1.807) is 13.8 Å². The third-order valence-electron chi connectivity index (χ3n) is 2.52. The van der Waals surface area contributed by atoms with Crippen LogP contribution in [-0.2, 0) is 19.1 Å². The summed E-state index contributed by atoms with van der Waals surface area (Å²) in [6.07, 6.45) is 1.29. The maximum absolute atomic E-state index is 11.7. The summed E-state index contributed by atoms with van der Waals surface area (Å²) in [5.74, 6) is -0.646. The average molecular weight is 229 g/mol. The number of hydrogen-bond acceptors (Lipinski definition) is 4. The monoisotopic (exact) mass is 229 g/mol. The van der Waals surface area contributed by atoms with Crippen molar-refractivity contribution >= 4 is 11.9 Å². The lowest BCUT2D eigenvalue weighted by Crippen LogP contribution is -2.44. The molecule has 1 fully saturated rings. The van der Waals surface area contributed by atoms with Gasteiger partial charge in [-0.2, -0.15) is 0 Å². The van der Waals surface area contributed by atoms with Crippen LogP contribution in [0.1, 0.15) is 33.6 Å². The predicted molar refractivity (Wildman–Crippen MR) is 57.8 cm³/mol. The molecule has 5 nitrogen and oxygen atoms in total. The van der Waals surface area contributed by atoms with Crippen LogP contribution in [0, 0.1) is 0 Å². The highest BCUT2D eigenvalue weighted by Crippen LogP contribution is 2.19. The number of ether oxygens (including phenoxy) is 2. The van der Waals surface area contributed by atoms with Crippen molar-refractivity contribution in [3.63, 3.8) is 0 Å². The van der Waals surface area contributed by atoms with Crippen molar-refractivity contribution in [1.82, 2.24) is 5.32 Å². The maximum atomic E-state index is 11.7. The van der Waals surface area contributed by atoms with Gasteiger partial charge in [0.1, 0.15) is 12.1 Å². The van der Waals surface area contributed by atoms with Crippen LogP contribution in [0.4, 0.5) is 0 Å². The van der Waals surface area contributed by atoms with Crippen LogP contribution in [0.3, 0.4) is 0 Å². The first-order valence-electron chi connectivity index (χ1n) is 5.67. The topological polar surface area (TPSA) is 64.6 Å². The van der Waals surface area contributed by atoms with Gasteiger partial charge >= 0.3 is 5.97 Å². The van der Waals surface area contributed by atoms with Crippen molar-refractivity contribution in [2.45, 2.75) is 51.9 Å². The van der Waals surface area contributed by atoms with Gasteiger partial charge in [-0.05, 0) is 33.6 Å². The third kappa shape index (κ3) is 3.48. The summed E-state index contributed by atoms with van der Waals surface area (Å²) in [7, 11) is 0. The molecule has 1 N–H and O–H groups in total. The van der Waals surface area contributed by atoms with Crippen LogP contribution in [0.15, 0.2) is 0 Å². The first-order valence-corrected chi connectivity index (χ1v) is 5.67. The van der Waals surface area contributed by atoms with E-state index in [0.29, 0.717) is 13.0 Å². The van der Waals surface area contributed by atoms with E-state index >= 15 is 0 Å². The molecule has 0 bridgehead atoms. The van der Waals surface area contributed by atoms with E-state index in [9.17, 15) is 9.59 Å². The SMILES string of the molecule is CCOC(=O)C(C)NC(=O)C1CCC(C)O1. The van der Waals surface area contributed by atoms with E-state index < -0.39 is 18.1 Å². The molecule has 92 valence electrons. The fourth-order valence-corrected chi connectivity index (χ4v) is 1.63. The molecule has 1 saturated heterocycles. The summed E-state index contributed by atoms with van der Waals surface area (Å²) in [6, 6.07) is -0.619. The number of carbonyl (C=O) groups excluding carboxylic acids is 2. The minimum absolute atomic E-state index is 0.119. The first kappa shape index (κ1) is 13.0. The van der Waals surface area contributed by atoms with Gasteiger partial charge in [-0.15, -0.1) is 0 Å². The fourth-order valence-electron chi connectivity index (χ4n) is 1.63. The van der Waals surface area contributed by atoms with E-state index in [1.165, 1.54) is 0 Å². The van der Waals surface area contributed by atoms with E-state index in [2.05, 4.69) is 5.32 Å². The summed E-state index contributed by atoms with van der Waals surface area (Å²) in [5.41, 5.74) is 0. The Balaban J connectivity index is 2.36. The number of esters is 1. The molecule has 1 amide bonds. The van der Waals surface area contributed by atoms with Crippen LogP contribution >= 0.6 is 0 Å². The van der Waals surface area contributed by atoms with Crippen LogP contribution in [-0.4, -0.2) is 36.7 Å². The summed E-state index contributed by atoms with van der Waals surface area (Å²) < 4.78 is 10.2. The molecule has 5 heteroatoms. The quantitative estimate of drug-likeness (QED) is 0.718. The standard InChI is InChI=1S/C11H19NO4/c1-4-15-11(14)8(3)12-10(13)9-6-5-7(2)16-9/h7-9H,4-6H2,1-3H3,(H,12,13). The number of carbonyl (C=O) groups is 2. The molecule has 1 aliphatic heterocycles. The molecular formula is C11H19NO4. The molecule has 0 aromatic carbocycles. The largest absolute Gasteiger partial charge is 0.464 e. The Hall–Kier alpha value is -1.10. The Morgan fingerprint density at radius 1 is 1.50 bits per heavy atom. The second kappa shape index (κ2) is 5.84. The van der Waals surface area contributed by atoms with Gasteiger partial charge in [-0.1, -0.05) is 0 Å². The lowest BCUT2D eigenvalue weighted by atomic mass is 10.2. The molecule has 0 aliphatic carbocycles. The smallest absolute Gasteiger partial charge is 0.328 e. The Bertz CT molecular complexity index is 267. The Morgan fingerprint density at radius 2 is 2.19 bits per heavy atom. The first-order chi connectivity index (χ1) is 7.54. The summed E-state index contributed by atoms with van der Waals surface area (Å²) in [4.78, 5) is 22.9. The van der Waals surface area contributed by atoms with Crippen molar-refractivity contribution in [3.05, 3.63) is 0 Å². The van der Waals surface area contributed by atoms with Gasteiger partial charge in [0.15, 0.2) is 0 Å². The molecule has 0 spiro atoms. The summed E-state index contributed by atoms with van der Waals surface area (Å²) in [5, 5.41) is 2.59. The Labute approximate surface area is 95.5 Å². The molecule has 0 aromatic rings. The summed E-state index contributed by atoms with van der Waals surface area (Å²) >= 11 is 0. The second-order valence-corrected chi connectivity index (χ2v) is 4.00. The van der Waals surface area contributed by atoms with Crippen molar-refractivity contribution in [2.75, 3.05) is 6.61 Å². The van der Waals surface area contributed by atoms with E-state index in [4.69, 9.17) is 9.47 Å². The second-order valence-electron chi connectivity index (χ2n) is 4.00. The molecular weight excluding hydrogens is 210 g/mol. The molecule has 1 rings (SSSR count). The number of amides is 1. The predicted octanol–water partition coefficient (Wildman–Crippen LogP) is 0.622. The van der Waals surface area contributed by atoms with Crippen LogP contribution in [0.25, 0.3) is 0 Å². The Morgan fingerprint density at radius 3 is 2.69 bits per heavy atom. The number of nitrogens with one attached hydrogen (secondary N) is 1. The van der Waals surface area contributed by atoms with Gasteiger partial charge in [0.25, 0.3) is 0 Å². The van der Waals surface area contributed by atoms with Gasteiger partial charge in [0, 0.05) is 0 Å². The van der Waals surface area contributed by atoms with Gasteiger partial charge in [0.05, 0.1) is 12.7 Å². The van der Waals surface area contributed by atoms with Gasteiger partial charge in [0.2, 0.25) is 5.91 Å². The highest BCUT2D eigenvalue weighted by molar-refractivity contribution is 5.86. The molecule has 0 aromatic heterocycles. The summed E-state index contributed by atoms with van der Waals surface area (Å²) in [6.45, 7) is 5.58. The lowest BCUT2D eigenvalue weighted by molar-refractivity contribution is -0.148. The highest BCUT2D eigenvalue weighted by atomic mass is 16.5. The van der Waals surface area contributed by atoms with Gasteiger partial charge in [-0.3, -0.25) is 4.79 Å². The molecule has 1 aliphatic rings. The zero-order valence-corrected chi connectivity index (χ0v) is 9.99. The molecule has 3 atom stereocenters. The lowest BCUT2D eigenvalue weighted by Gasteiger charge is -2.16. The molecule has 0 saturated carbocycles. The molecule has 16 heavy (non-hydrogen) atoms. The van der Waals surface area contributed by atoms with E-state index in [1.807, 2.05) is 6.92 Å². The third-order valence-corrected chi connectivity index (χ3v) is 2.52. The highest BCUT2D eigenvalue weighted by Gasteiger charge is 2.30. The van der Waals surface area contributed by atoms with Crippen LogP contribution in [0.5, 0.6) is 0 Å². The maximum Gasteiger partial charge on any atom is 0.328 e. The van der Waals surface area contributed by atoms with E-state index in [0.717, 1.165) is 6.42 Å². The molecule has 0 radical (unpaired) electrons. The van der Waals surface area contributed by atoms with Crippen molar-refractivity contribution in [1.29, 1.82) is 0 Å². The molecule has 3 unspecified atom stereocenters. The van der Waals surface area contributed by atoms with Gasteiger partial charge < -0.3 is 14.8 Å². The minimum atomic E-state index is -0.619. The normalized spacial score (nSPS) is 26.2. The minimum Gasteiger partial charge on any atom is -0.464 e. The zero-order chi connectivity index (χ0) is 12.1. The molecule has 1 heterocycles. The fraction of sp³-hybridized carbons (Fsp3) is 0.818. The van der Waals surface area contributed by atoms with Gasteiger partial charge in [-0.25, -0.2) is 4.79 Å². The van der Waals surface area contributed by atoms with Crippen molar-refractivity contribution < 1.29 is 19.1 Å². The van der Waals surface area contributed by atoms with Crippen molar-refractivity contribution in [3.8, 4) is 0 Å². The van der Waals surface area contributed by atoms with Crippen molar-refractivity contribution in [2.24, 2.45) is 0 Å².